The van der Waals surface area contributed by atoms with Crippen LogP contribution in [0.1, 0.15) is 34.9 Å². The number of H-pyrrole nitrogens is 1. The molecule has 1 aliphatic rings. The maximum absolute atomic E-state index is 12.8. The Labute approximate surface area is 126 Å². The lowest BCUT2D eigenvalue weighted by Crippen LogP contribution is -2.31. The molecule has 20 heavy (non-hydrogen) atoms. The van der Waals surface area contributed by atoms with E-state index >= 15 is 0 Å². The fraction of sp³-hybridized carbons (Fsp3) is 0.267. The van der Waals surface area contributed by atoms with Gasteiger partial charge in [-0.1, -0.05) is 0 Å². The number of anilines is 1. The van der Waals surface area contributed by atoms with Gasteiger partial charge in [0.25, 0.3) is 5.91 Å². The van der Waals surface area contributed by atoms with E-state index in [9.17, 15) is 4.79 Å². The maximum Gasteiger partial charge on any atom is 0.255 e. The molecule has 0 saturated carbocycles. The summed E-state index contributed by atoms with van der Waals surface area (Å²) >= 11 is 3.44. The van der Waals surface area contributed by atoms with Crippen molar-refractivity contribution in [1.82, 2.24) is 9.88 Å². The van der Waals surface area contributed by atoms with Crippen molar-refractivity contribution in [3.05, 3.63) is 52.3 Å². The molecule has 3 rings (SSSR count). The number of hydrogen-bond acceptors (Lipinski definition) is 2. The first-order valence-electron chi connectivity index (χ1n) is 6.66. The predicted octanol–water partition coefficient (Wildman–Crippen LogP) is 3.34. The molecule has 104 valence electrons. The van der Waals surface area contributed by atoms with Gasteiger partial charge in [0.15, 0.2) is 0 Å². The van der Waals surface area contributed by atoms with E-state index in [1.807, 2.05) is 29.3 Å². The van der Waals surface area contributed by atoms with Gasteiger partial charge in [-0.25, -0.2) is 0 Å². The third kappa shape index (κ3) is 2.33. The third-order valence-electron chi connectivity index (χ3n) is 3.72. The minimum absolute atomic E-state index is 0.0290. The van der Waals surface area contributed by atoms with E-state index in [2.05, 4.69) is 20.9 Å². The number of nitrogens with one attached hydrogen (secondary N) is 1. The summed E-state index contributed by atoms with van der Waals surface area (Å²) in [7, 11) is 0. The number of amides is 1. The smallest absolute Gasteiger partial charge is 0.255 e. The topological polar surface area (TPSA) is 62.1 Å². The molecule has 2 aromatic rings. The van der Waals surface area contributed by atoms with Gasteiger partial charge in [-0.3, -0.25) is 4.79 Å². The Balaban J connectivity index is 1.91. The third-order valence-corrected chi connectivity index (χ3v) is 4.41. The molecular formula is C15H16BrN3O. The first-order chi connectivity index (χ1) is 9.66. The monoisotopic (exact) mass is 333 g/mol. The van der Waals surface area contributed by atoms with Crippen molar-refractivity contribution in [3.8, 4) is 0 Å². The van der Waals surface area contributed by atoms with Gasteiger partial charge in [0.1, 0.15) is 0 Å². The highest BCUT2D eigenvalue weighted by Crippen LogP contribution is 2.33. The molecule has 1 aromatic heterocycles. The lowest BCUT2D eigenvalue weighted by Gasteiger charge is -2.24. The van der Waals surface area contributed by atoms with E-state index in [0.717, 1.165) is 29.6 Å². The van der Waals surface area contributed by atoms with E-state index in [1.165, 1.54) is 0 Å². The van der Waals surface area contributed by atoms with Gasteiger partial charge in [-0.2, -0.15) is 0 Å². The van der Waals surface area contributed by atoms with Crippen LogP contribution >= 0.6 is 15.9 Å². The van der Waals surface area contributed by atoms with Crippen molar-refractivity contribution in [1.29, 1.82) is 0 Å². The van der Waals surface area contributed by atoms with Crippen LogP contribution in [0.4, 0.5) is 5.69 Å². The molecule has 5 heteroatoms. The minimum atomic E-state index is 0.0290. The van der Waals surface area contributed by atoms with Crippen LogP contribution in [0.3, 0.4) is 0 Å². The number of benzene rings is 1. The van der Waals surface area contributed by atoms with E-state index < -0.39 is 0 Å². The normalized spacial score (nSPS) is 18.4. The quantitative estimate of drug-likeness (QED) is 0.828. The number of nitrogens with two attached hydrogens (primary N) is 1. The number of hydrogen-bond donors (Lipinski definition) is 2. The van der Waals surface area contributed by atoms with Crippen LogP contribution in [0.2, 0.25) is 0 Å². The number of nitrogens with zero attached hydrogens (tertiary/aromatic N) is 1. The van der Waals surface area contributed by atoms with Gasteiger partial charge in [0.2, 0.25) is 0 Å². The van der Waals surface area contributed by atoms with Crippen molar-refractivity contribution >= 4 is 27.5 Å². The van der Waals surface area contributed by atoms with Gasteiger partial charge in [-0.15, -0.1) is 0 Å². The Bertz CT molecular complexity index is 624. The molecule has 1 aliphatic heterocycles. The number of carbonyl (C=O) groups is 1. The number of likely N-dealkylation sites (tertiary alicyclic amines) is 1. The number of aromatic amines is 1. The largest absolute Gasteiger partial charge is 0.399 e. The second kappa shape index (κ2) is 5.32. The molecule has 3 N–H and O–H groups in total. The highest BCUT2D eigenvalue weighted by atomic mass is 79.9. The molecular weight excluding hydrogens is 318 g/mol. The zero-order valence-corrected chi connectivity index (χ0v) is 12.6. The molecule has 1 fully saturated rings. The summed E-state index contributed by atoms with van der Waals surface area (Å²) in [5, 5.41) is 0. The van der Waals surface area contributed by atoms with Crippen LogP contribution < -0.4 is 5.73 Å². The van der Waals surface area contributed by atoms with E-state index in [1.54, 1.807) is 12.1 Å². The number of nitrogen functional groups attached to an aromatic ring is 1. The second-order valence-electron chi connectivity index (χ2n) is 5.02. The highest BCUT2D eigenvalue weighted by Gasteiger charge is 2.31. The van der Waals surface area contributed by atoms with Gasteiger partial charge >= 0.3 is 0 Å². The summed E-state index contributed by atoms with van der Waals surface area (Å²) in [6.45, 7) is 0.782. The predicted molar refractivity (Wildman–Crippen MR) is 82.4 cm³/mol. The van der Waals surface area contributed by atoms with E-state index in [4.69, 9.17) is 5.73 Å². The number of halogens is 1. The lowest BCUT2D eigenvalue weighted by molar-refractivity contribution is 0.0732. The molecule has 4 nitrogen and oxygen atoms in total. The molecule has 1 unspecified atom stereocenters. The fourth-order valence-electron chi connectivity index (χ4n) is 2.75. The van der Waals surface area contributed by atoms with Crippen molar-refractivity contribution in [2.75, 3.05) is 12.3 Å². The summed E-state index contributed by atoms with van der Waals surface area (Å²) in [6.07, 6.45) is 3.91. The molecule has 0 spiro atoms. The average molecular weight is 334 g/mol. The zero-order chi connectivity index (χ0) is 14.1. The van der Waals surface area contributed by atoms with Crippen molar-refractivity contribution in [3.63, 3.8) is 0 Å². The number of rotatable bonds is 2. The zero-order valence-electron chi connectivity index (χ0n) is 11.0. The lowest BCUT2D eigenvalue weighted by atomic mass is 10.1. The Morgan fingerprint density at radius 2 is 2.25 bits per heavy atom. The van der Waals surface area contributed by atoms with Crippen LogP contribution in [0.5, 0.6) is 0 Å². The molecule has 1 aromatic carbocycles. The highest BCUT2D eigenvalue weighted by molar-refractivity contribution is 9.10. The molecule has 0 radical (unpaired) electrons. The van der Waals surface area contributed by atoms with Crippen LogP contribution in [0.15, 0.2) is 41.0 Å². The number of aromatic nitrogens is 1. The summed E-state index contributed by atoms with van der Waals surface area (Å²) in [4.78, 5) is 17.9. The van der Waals surface area contributed by atoms with Gasteiger partial charge in [0, 0.05) is 28.6 Å². The van der Waals surface area contributed by atoms with E-state index in [-0.39, 0.29) is 11.9 Å². The second-order valence-corrected chi connectivity index (χ2v) is 5.88. The first-order valence-corrected chi connectivity index (χ1v) is 7.45. The van der Waals surface area contributed by atoms with Crippen molar-refractivity contribution in [2.24, 2.45) is 0 Å². The molecule has 1 atom stereocenters. The molecule has 1 saturated heterocycles. The van der Waals surface area contributed by atoms with Crippen molar-refractivity contribution < 1.29 is 4.79 Å². The molecule has 1 amide bonds. The number of carbonyl (C=O) groups excluding carboxylic acids is 1. The standard InChI is InChI=1S/C15H16BrN3O/c16-12-6-5-10(17)9-11(12)15(20)19-8-2-4-14(19)13-3-1-7-18-13/h1,3,5-7,9,14,18H,2,4,8,17H2. The van der Waals surface area contributed by atoms with Crippen LogP contribution in [0, 0.1) is 0 Å². The van der Waals surface area contributed by atoms with Crippen molar-refractivity contribution in [2.45, 2.75) is 18.9 Å². The molecule has 2 heterocycles. The Morgan fingerprint density at radius 3 is 3.00 bits per heavy atom. The Kier molecular flexibility index (Phi) is 3.53. The maximum atomic E-state index is 12.8. The minimum Gasteiger partial charge on any atom is -0.399 e. The van der Waals surface area contributed by atoms with Gasteiger partial charge in [0.05, 0.1) is 11.6 Å². The van der Waals surface area contributed by atoms with Crippen LogP contribution in [-0.4, -0.2) is 22.3 Å². The average Bonchev–Trinajstić information content (AvgIpc) is 3.10. The Hall–Kier alpha value is -1.75. The molecule has 0 aliphatic carbocycles. The summed E-state index contributed by atoms with van der Waals surface area (Å²) < 4.78 is 0.786. The summed E-state index contributed by atoms with van der Waals surface area (Å²) in [5.74, 6) is 0.0290. The van der Waals surface area contributed by atoms with Crippen LogP contribution in [0.25, 0.3) is 0 Å². The molecule has 0 bridgehead atoms. The fourth-order valence-corrected chi connectivity index (χ4v) is 3.16. The Morgan fingerprint density at radius 1 is 1.40 bits per heavy atom. The van der Waals surface area contributed by atoms with Gasteiger partial charge in [-0.05, 0) is 59.1 Å². The SMILES string of the molecule is Nc1ccc(Br)c(C(=O)N2CCCC2c2ccc[nH]2)c1. The van der Waals surface area contributed by atoms with Crippen LogP contribution in [-0.2, 0) is 0 Å². The summed E-state index contributed by atoms with van der Waals surface area (Å²) in [6, 6.07) is 9.47. The first kappa shape index (κ1) is 13.2. The summed E-state index contributed by atoms with van der Waals surface area (Å²) in [5.41, 5.74) is 8.12. The van der Waals surface area contributed by atoms with Gasteiger partial charge < -0.3 is 15.6 Å². The van der Waals surface area contributed by atoms with E-state index in [0.29, 0.717) is 11.3 Å².